The van der Waals surface area contributed by atoms with E-state index >= 15 is 0 Å². The molecular weight excluding hydrogens is 306 g/mol. The summed E-state index contributed by atoms with van der Waals surface area (Å²) in [5, 5.41) is 12.2. The van der Waals surface area contributed by atoms with Gasteiger partial charge in [-0.3, -0.25) is 10.1 Å². The van der Waals surface area contributed by atoms with Crippen molar-refractivity contribution in [2.24, 2.45) is 0 Å². The molecule has 2 aromatic heterocycles. The highest BCUT2D eigenvalue weighted by atomic mass is 16.4. The van der Waals surface area contributed by atoms with Crippen LogP contribution >= 0.6 is 0 Å². The fraction of sp³-hybridized carbons (Fsp3) is 0.278. The van der Waals surface area contributed by atoms with Gasteiger partial charge in [0, 0.05) is 0 Å². The van der Waals surface area contributed by atoms with Crippen molar-refractivity contribution in [2.75, 3.05) is 5.32 Å². The third-order valence-electron chi connectivity index (χ3n) is 3.85. The summed E-state index contributed by atoms with van der Waals surface area (Å²) in [7, 11) is 0. The maximum atomic E-state index is 11.7. The molecule has 24 heavy (non-hydrogen) atoms. The molecular formula is C18H17N3O3. The number of nitrogens with zero attached hydrogens (tertiary/aromatic N) is 2. The number of nitriles is 1. The first-order valence-electron chi connectivity index (χ1n) is 7.62. The normalized spacial score (nSPS) is 11.0. The molecule has 1 aromatic carbocycles. The molecule has 0 bridgehead atoms. The number of rotatable bonds is 4. The largest absolute Gasteiger partial charge is 0.443 e. The number of aryl methyl sites for hydroxylation is 1. The molecule has 0 aliphatic heterocycles. The fourth-order valence-electron chi connectivity index (χ4n) is 2.62. The van der Waals surface area contributed by atoms with Crippen LogP contribution in [0.5, 0.6) is 0 Å². The molecule has 3 rings (SSSR count). The fourth-order valence-corrected chi connectivity index (χ4v) is 2.62. The molecule has 122 valence electrons. The van der Waals surface area contributed by atoms with Crippen LogP contribution in [0, 0.1) is 18.3 Å². The Hall–Kier alpha value is -3.07. The molecule has 6 heteroatoms. The highest BCUT2D eigenvalue weighted by Gasteiger charge is 2.22. The van der Waals surface area contributed by atoms with Gasteiger partial charge in [0.2, 0.25) is 5.88 Å². The molecule has 0 aliphatic carbocycles. The minimum Gasteiger partial charge on any atom is -0.443 e. The zero-order chi connectivity index (χ0) is 17.4. The maximum Gasteiger partial charge on any atom is 0.302 e. The topological polar surface area (TPSA) is 92.1 Å². The number of fused-ring (bicyclic) bond motifs is 1. The summed E-state index contributed by atoms with van der Waals surface area (Å²) >= 11 is 0. The first-order chi connectivity index (χ1) is 11.4. The molecule has 0 fully saturated rings. The van der Waals surface area contributed by atoms with E-state index in [0.717, 1.165) is 11.1 Å². The van der Waals surface area contributed by atoms with Crippen molar-refractivity contribution in [1.82, 2.24) is 4.98 Å². The summed E-state index contributed by atoms with van der Waals surface area (Å²) in [6, 6.07) is 8.04. The van der Waals surface area contributed by atoms with Gasteiger partial charge in [-0.1, -0.05) is 19.9 Å². The summed E-state index contributed by atoms with van der Waals surface area (Å²) in [5.41, 5.74) is 2.95. The Labute approximate surface area is 139 Å². The molecule has 2 heterocycles. The lowest BCUT2D eigenvalue weighted by atomic mass is 10.0. The standard InChI is InChI=1S/C18H17N3O3/c1-9(2)12-5-6-15-14(7-12)20-18(24-15)21-17-13(8-19)16(10(3)22)11(4)23-17/h5-7,9H,1-4H3,(H,20,21). The lowest BCUT2D eigenvalue weighted by Crippen LogP contribution is -1.97. The Bertz CT molecular complexity index is 973. The highest BCUT2D eigenvalue weighted by Crippen LogP contribution is 2.31. The highest BCUT2D eigenvalue weighted by molar-refractivity contribution is 5.99. The van der Waals surface area contributed by atoms with Gasteiger partial charge in [0.1, 0.15) is 22.9 Å². The number of hydrogen-bond acceptors (Lipinski definition) is 6. The van der Waals surface area contributed by atoms with E-state index in [1.165, 1.54) is 6.92 Å². The second-order valence-electron chi connectivity index (χ2n) is 5.93. The van der Waals surface area contributed by atoms with E-state index in [9.17, 15) is 10.1 Å². The van der Waals surface area contributed by atoms with Crippen molar-refractivity contribution in [2.45, 2.75) is 33.6 Å². The number of aromatic nitrogens is 1. The summed E-state index contributed by atoms with van der Waals surface area (Å²) in [6.07, 6.45) is 0. The van der Waals surface area contributed by atoms with E-state index in [-0.39, 0.29) is 28.8 Å². The summed E-state index contributed by atoms with van der Waals surface area (Å²) in [5.74, 6) is 0.717. The van der Waals surface area contributed by atoms with E-state index in [2.05, 4.69) is 24.1 Å². The van der Waals surface area contributed by atoms with Gasteiger partial charge in [-0.25, -0.2) is 0 Å². The average Bonchev–Trinajstić information content (AvgIpc) is 3.05. The molecule has 0 unspecified atom stereocenters. The van der Waals surface area contributed by atoms with E-state index in [4.69, 9.17) is 8.83 Å². The van der Waals surface area contributed by atoms with Crippen LogP contribution < -0.4 is 5.32 Å². The third kappa shape index (κ3) is 2.65. The minimum atomic E-state index is -0.222. The summed E-state index contributed by atoms with van der Waals surface area (Å²) in [4.78, 5) is 16.1. The van der Waals surface area contributed by atoms with Crippen molar-refractivity contribution in [3.05, 3.63) is 40.6 Å². The number of ketones is 1. The van der Waals surface area contributed by atoms with Crippen LogP contribution in [0.1, 0.15) is 53.9 Å². The Morgan fingerprint density at radius 1 is 1.33 bits per heavy atom. The van der Waals surface area contributed by atoms with Gasteiger partial charge in [0.05, 0.1) is 5.56 Å². The summed E-state index contributed by atoms with van der Waals surface area (Å²) < 4.78 is 11.1. The molecule has 0 amide bonds. The lowest BCUT2D eigenvalue weighted by Gasteiger charge is -2.02. The first kappa shape index (κ1) is 15.8. The molecule has 0 spiro atoms. The number of benzene rings is 1. The summed E-state index contributed by atoms with van der Waals surface area (Å²) in [6.45, 7) is 7.25. The maximum absolute atomic E-state index is 11.7. The molecule has 6 nitrogen and oxygen atoms in total. The van der Waals surface area contributed by atoms with Crippen molar-refractivity contribution >= 4 is 28.8 Å². The molecule has 0 atom stereocenters. The van der Waals surface area contributed by atoms with Gasteiger partial charge >= 0.3 is 6.01 Å². The Morgan fingerprint density at radius 2 is 2.08 bits per heavy atom. The van der Waals surface area contributed by atoms with Crippen molar-refractivity contribution in [3.8, 4) is 6.07 Å². The molecule has 0 radical (unpaired) electrons. The predicted octanol–water partition coefficient (Wildman–Crippen LogP) is 4.67. The van der Waals surface area contributed by atoms with Crippen molar-refractivity contribution in [1.29, 1.82) is 5.26 Å². The van der Waals surface area contributed by atoms with Gasteiger partial charge in [-0.15, -0.1) is 0 Å². The van der Waals surface area contributed by atoms with E-state index < -0.39 is 0 Å². The Morgan fingerprint density at radius 3 is 2.71 bits per heavy atom. The smallest absolute Gasteiger partial charge is 0.302 e. The van der Waals surface area contributed by atoms with E-state index in [1.54, 1.807) is 6.92 Å². The number of oxazole rings is 1. The average molecular weight is 323 g/mol. The van der Waals surface area contributed by atoms with E-state index in [0.29, 0.717) is 17.3 Å². The zero-order valence-corrected chi connectivity index (χ0v) is 13.9. The van der Waals surface area contributed by atoms with Gasteiger partial charge in [0.25, 0.3) is 0 Å². The lowest BCUT2D eigenvalue weighted by molar-refractivity contribution is 0.101. The molecule has 0 saturated heterocycles. The van der Waals surface area contributed by atoms with Crippen molar-refractivity contribution < 1.29 is 13.6 Å². The third-order valence-corrected chi connectivity index (χ3v) is 3.85. The van der Waals surface area contributed by atoms with Crippen LogP contribution in [-0.2, 0) is 0 Å². The van der Waals surface area contributed by atoms with Gasteiger partial charge in [-0.2, -0.15) is 10.2 Å². The molecule has 0 aliphatic rings. The number of hydrogen-bond donors (Lipinski definition) is 1. The van der Waals surface area contributed by atoms with Gasteiger partial charge in [0.15, 0.2) is 11.4 Å². The molecule has 3 aromatic rings. The first-order valence-corrected chi connectivity index (χ1v) is 7.62. The van der Waals surface area contributed by atoms with Crippen molar-refractivity contribution in [3.63, 3.8) is 0 Å². The number of anilines is 2. The second kappa shape index (κ2) is 5.85. The zero-order valence-electron chi connectivity index (χ0n) is 13.9. The van der Waals surface area contributed by atoms with Crippen LogP contribution in [0.25, 0.3) is 11.1 Å². The second-order valence-corrected chi connectivity index (χ2v) is 5.93. The van der Waals surface area contributed by atoms with Crippen LogP contribution in [0.2, 0.25) is 0 Å². The van der Waals surface area contributed by atoms with Crippen LogP contribution in [0.15, 0.2) is 27.0 Å². The minimum absolute atomic E-state index is 0.158. The van der Waals surface area contributed by atoms with Crippen LogP contribution in [0.4, 0.5) is 11.9 Å². The number of furan rings is 1. The SMILES string of the molecule is CC(=O)c1c(C)oc(Nc2nc3cc(C(C)C)ccc3o2)c1C#N. The molecule has 1 N–H and O–H groups in total. The number of carbonyl (C=O) groups is 1. The van der Waals surface area contributed by atoms with Gasteiger partial charge in [-0.05, 0) is 37.5 Å². The number of Topliss-reactive ketones (excluding diaryl/α,β-unsaturated/α-hetero) is 1. The Balaban J connectivity index is 2.00. The number of carbonyl (C=O) groups excluding carboxylic acids is 1. The molecule has 0 saturated carbocycles. The monoisotopic (exact) mass is 323 g/mol. The van der Waals surface area contributed by atoms with Crippen LogP contribution in [0.3, 0.4) is 0 Å². The van der Waals surface area contributed by atoms with Crippen LogP contribution in [-0.4, -0.2) is 10.8 Å². The number of nitrogens with one attached hydrogen (secondary N) is 1. The van der Waals surface area contributed by atoms with E-state index in [1.807, 2.05) is 24.3 Å². The predicted molar refractivity (Wildman–Crippen MR) is 89.5 cm³/mol. The van der Waals surface area contributed by atoms with Gasteiger partial charge < -0.3 is 8.83 Å². The Kier molecular flexibility index (Phi) is 3.86. The quantitative estimate of drug-likeness (QED) is 0.701.